The van der Waals surface area contributed by atoms with Crippen LogP contribution in [0, 0.1) is 0 Å². The summed E-state index contributed by atoms with van der Waals surface area (Å²) in [6.45, 7) is 3.43. The average Bonchev–Trinajstić information content (AvgIpc) is 2.60. The molecule has 0 aliphatic rings. The van der Waals surface area contributed by atoms with Crippen LogP contribution in [0.1, 0.15) is 24.9 Å². The third kappa shape index (κ3) is 3.10. The van der Waals surface area contributed by atoms with Gasteiger partial charge in [0.15, 0.2) is 0 Å². The minimum absolute atomic E-state index is 0.121. The highest BCUT2D eigenvalue weighted by molar-refractivity contribution is 5.09. The molecule has 1 heterocycles. The maximum atomic E-state index is 5.45. The molecule has 0 aliphatic heterocycles. The van der Waals surface area contributed by atoms with Crippen molar-refractivity contribution >= 4 is 0 Å². The van der Waals surface area contributed by atoms with Gasteiger partial charge >= 0.3 is 0 Å². The molecule has 0 radical (unpaired) electrons. The molecule has 1 aromatic rings. The molecular weight excluding hydrogens is 180 g/mol. The Morgan fingerprint density at radius 1 is 1.71 bits per heavy atom. The SMILES string of the molecule is CCOCCC(NN)c1cnn(C)c1. The molecule has 0 fully saturated rings. The minimum atomic E-state index is 0.121. The third-order valence-corrected chi connectivity index (χ3v) is 2.08. The molecule has 1 aromatic heterocycles. The smallest absolute Gasteiger partial charge is 0.0538 e. The van der Waals surface area contributed by atoms with Crippen molar-refractivity contribution in [2.75, 3.05) is 13.2 Å². The molecule has 0 spiro atoms. The summed E-state index contributed by atoms with van der Waals surface area (Å²) in [6.07, 6.45) is 4.63. The number of rotatable bonds is 6. The minimum Gasteiger partial charge on any atom is -0.382 e. The molecule has 0 aromatic carbocycles. The van der Waals surface area contributed by atoms with Crippen molar-refractivity contribution < 1.29 is 4.74 Å². The first-order valence-electron chi connectivity index (χ1n) is 4.80. The van der Waals surface area contributed by atoms with E-state index >= 15 is 0 Å². The second-order valence-electron chi connectivity index (χ2n) is 3.15. The van der Waals surface area contributed by atoms with E-state index in [1.165, 1.54) is 0 Å². The number of aromatic nitrogens is 2. The van der Waals surface area contributed by atoms with Gasteiger partial charge in [0.2, 0.25) is 0 Å². The van der Waals surface area contributed by atoms with Crippen LogP contribution in [0.15, 0.2) is 12.4 Å². The molecule has 0 aliphatic carbocycles. The van der Waals surface area contributed by atoms with Crippen LogP contribution in [0.5, 0.6) is 0 Å². The van der Waals surface area contributed by atoms with Crippen LogP contribution >= 0.6 is 0 Å². The number of hydrazine groups is 1. The standard InChI is InChI=1S/C9H18N4O/c1-3-14-5-4-9(12-10)8-6-11-13(2)7-8/h6-7,9,12H,3-5,10H2,1-2H3. The lowest BCUT2D eigenvalue weighted by molar-refractivity contribution is 0.136. The van der Waals surface area contributed by atoms with E-state index in [0.29, 0.717) is 6.61 Å². The van der Waals surface area contributed by atoms with Crippen molar-refractivity contribution in [1.82, 2.24) is 15.2 Å². The maximum Gasteiger partial charge on any atom is 0.0538 e. The molecule has 1 unspecified atom stereocenters. The fraction of sp³-hybridized carbons (Fsp3) is 0.667. The van der Waals surface area contributed by atoms with Crippen LogP contribution in [0.2, 0.25) is 0 Å². The number of aryl methyl sites for hydroxylation is 1. The molecule has 0 saturated heterocycles. The normalized spacial score (nSPS) is 13.1. The van der Waals surface area contributed by atoms with Crippen LogP contribution in [-0.4, -0.2) is 23.0 Å². The molecule has 1 atom stereocenters. The second-order valence-corrected chi connectivity index (χ2v) is 3.15. The Hall–Kier alpha value is -0.910. The lowest BCUT2D eigenvalue weighted by atomic mass is 10.1. The summed E-state index contributed by atoms with van der Waals surface area (Å²) < 4.78 is 7.04. The molecule has 1 rings (SSSR count). The van der Waals surface area contributed by atoms with Gasteiger partial charge in [-0.2, -0.15) is 5.10 Å². The number of hydrogen-bond acceptors (Lipinski definition) is 4. The summed E-state index contributed by atoms with van der Waals surface area (Å²) in [5.74, 6) is 5.45. The summed E-state index contributed by atoms with van der Waals surface area (Å²) in [5.41, 5.74) is 3.85. The largest absolute Gasteiger partial charge is 0.382 e. The Kier molecular flexibility index (Phi) is 4.58. The van der Waals surface area contributed by atoms with Crippen LogP contribution in [0.4, 0.5) is 0 Å². The summed E-state index contributed by atoms with van der Waals surface area (Å²) in [6, 6.07) is 0.121. The van der Waals surface area contributed by atoms with Gasteiger partial charge in [-0.05, 0) is 13.3 Å². The molecule has 3 N–H and O–H groups in total. The highest BCUT2D eigenvalue weighted by Crippen LogP contribution is 2.14. The number of ether oxygens (including phenoxy) is 1. The molecule has 14 heavy (non-hydrogen) atoms. The number of hydrogen-bond donors (Lipinski definition) is 2. The van der Waals surface area contributed by atoms with E-state index in [1.54, 1.807) is 4.68 Å². The summed E-state index contributed by atoms with van der Waals surface area (Å²) in [5, 5.41) is 4.09. The van der Waals surface area contributed by atoms with Gasteiger partial charge in [-0.25, -0.2) is 0 Å². The van der Waals surface area contributed by atoms with E-state index in [4.69, 9.17) is 10.6 Å². The fourth-order valence-electron chi connectivity index (χ4n) is 1.31. The van der Waals surface area contributed by atoms with Gasteiger partial charge in [0.1, 0.15) is 0 Å². The fourth-order valence-corrected chi connectivity index (χ4v) is 1.31. The lowest BCUT2D eigenvalue weighted by Gasteiger charge is -2.13. The second kappa shape index (κ2) is 5.74. The van der Waals surface area contributed by atoms with Crippen molar-refractivity contribution in [1.29, 1.82) is 0 Å². The number of nitrogens with one attached hydrogen (secondary N) is 1. The van der Waals surface area contributed by atoms with E-state index in [-0.39, 0.29) is 6.04 Å². The molecule has 5 heteroatoms. The highest BCUT2D eigenvalue weighted by atomic mass is 16.5. The molecule has 0 amide bonds. The van der Waals surface area contributed by atoms with Crippen molar-refractivity contribution in [3.05, 3.63) is 18.0 Å². The maximum absolute atomic E-state index is 5.45. The van der Waals surface area contributed by atoms with E-state index in [1.807, 2.05) is 26.4 Å². The zero-order valence-electron chi connectivity index (χ0n) is 8.73. The topological polar surface area (TPSA) is 65.1 Å². The highest BCUT2D eigenvalue weighted by Gasteiger charge is 2.10. The van der Waals surface area contributed by atoms with Crippen LogP contribution in [0.3, 0.4) is 0 Å². The Labute approximate surface area is 84.2 Å². The van der Waals surface area contributed by atoms with Gasteiger partial charge < -0.3 is 4.74 Å². The predicted molar refractivity (Wildman–Crippen MR) is 54.4 cm³/mol. The average molecular weight is 198 g/mol. The predicted octanol–water partition coefficient (Wildman–Crippen LogP) is 0.351. The summed E-state index contributed by atoms with van der Waals surface area (Å²) in [4.78, 5) is 0. The summed E-state index contributed by atoms with van der Waals surface area (Å²) in [7, 11) is 1.89. The van der Waals surface area contributed by atoms with Crippen LogP contribution < -0.4 is 11.3 Å². The first-order chi connectivity index (χ1) is 6.77. The van der Waals surface area contributed by atoms with E-state index in [9.17, 15) is 0 Å². The quantitative estimate of drug-likeness (QED) is 0.393. The summed E-state index contributed by atoms with van der Waals surface area (Å²) >= 11 is 0. The molecule has 80 valence electrons. The van der Waals surface area contributed by atoms with Crippen molar-refractivity contribution in [3.8, 4) is 0 Å². The monoisotopic (exact) mass is 198 g/mol. The Morgan fingerprint density at radius 2 is 2.50 bits per heavy atom. The van der Waals surface area contributed by atoms with Gasteiger partial charge in [0, 0.05) is 32.0 Å². The van der Waals surface area contributed by atoms with Gasteiger partial charge in [-0.15, -0.1) is 0 Å². The molecular formula is C9H18N4O. The third-order valence-electron chi connectivity index (χ3n) is 2.08. The van der Waals surface area contributed by atoms with Gasteiger partial charge in [-0.1, -0.05) is 0 Å². The van der Waals surface area contributed by atoms with E-state index in [2.05, 4.69) is 10.5 Å². The lowest BCUT2D eigenvalue weighted by Crippen LogP contribution is -2.28. The van der Waals surface area contributed by atoms with Crippen LogP contribution in [-0.2, 0) is 11.8 Å². The molecule has 0 bridgehead atoms. The number of nitrogens with zero attached hydrogens (tertiary/aromatic N) is 2. The Bertz CT molecular complexity index is 261. The van der Waals surface area contributed by atoms with Gasteiger partial charge in [0.05, 0.1) is 12.2 Å². The molecule has 5 nitrogen and oxygen atoms in total. The van der Waals surface area contributed by atoms with E-state index in [0.717, 1.165) is 18.6 Å². The van der Waals surface area contributed by atoms with Crippen molar-refractivity contribution in [2.45, 2.75) is 19.4 Å². The van der Waals surface area contributed by atoms with Gasteiger partial charge in [-0.3, -0.25) is 16.0 Å². The Morgan fingerprint density at radius 3 is 3.00 bits per heavy atom. The van der Waals surface area contributed by atoms with Crippen molar-refractivity contribution in [2.24, 2.45) is 12.9 Å². The molecule has 0 saturated carbocycles. The Balaban J connectivity index is 2.45. The zero-order valence-corrected chi connectivity index (χ0v) is 8.73. The first-order valence-corrected chi connectivity index (χ1v) is 4.80. The first kappa shape index (κ1) is 11.2. The van der Waals surface area contributed by atoms with Crippen LogP contribution in [0.25, 0.3) is 0 Å². The van der Waals surface area contributed by atoms with Crippen molar-refractivity contribution in [3.63, 3.8) is 0 Å². The van der Waals surface area contributed by atoms with E-state index < -0.39 is 0 Å². The van der Waals surface area contributed by atoms with Gasteiger partial charge in [0.25, 0.3) is 0 Å². The zero-order chi connectivity index (χ0) is 10.4. The number of nitrogens with two attached hydrogens (primary N) is 1.